The average molecular weight is 376 g/mol. The number of hydrogen-bond donors (Lipinski definition) is 1. The van der Waals surface area contributed by atoms with E-state index in [-0.39, 0.29) is 5.91 Å². The highest BCUT2D eigenvalue weighted by Crippen LogP contribution is 2.26. The lowest BCUT2D eigenvalue weighted by Crippen LogP contribution is -2.13. The summed E-state index contributed by atoms with van der Waals surface area (Å²) in [6, 6.07) is 14.7. The third kappa shape index (κ3) is 3.39. The molecule has 1 N–H and O–H groups in total. The van der Waals surface area contributed by atoms with Crippen LogP contribution >= 0.6 is 11.3 Å². The van der Waals surface area contributed by atoms with Crippen molar-refractivity contribution in [2.24, 2.45) is 0 Å². The molecule has 0 unspecified atom stereocenters. The number of para-hydroxylation sites is 1. The Morgan fingerprint density at radius 3 is 2.74 bits per heavy atom. The molecular weight excluding hydrogens is 360 g/mol. The van der Waals surface area contributed by atoms with Crippen molar-refractivity contribution < 1.29 is 9.21 Å². The molecule has 4 rings (SSSR count). The SMILES string of the molecule is Cc1ccc(C(=O)Nc2nc(-c3cc4ccccc4oc3=O)cs2)c(C)c1. The number of anilines is 1. The number of nitrogens with one attached hydrogen (secondary N) is 1. The first kappa shape index (κ1) is 17.2. The Balaban J connectivity index is 1.63. The van der Waals surface area contributed by atoms with Crippen LogP contribution in [0.3, 0.4) is 0 Å². The van der Waals surface area contributed by atoms with Crippen molar-refractivity contribution in [1.82, 2.24) is 4.98 Å². The molecule has 2 aromatic carbocycles. The third-order valence-electron chi connectivity index (χ3n) is 4.27. The molecule has 0 fully saturated rings. The van der Waals surface area contributed by atoms with E-state index < -0.39 is 5.63 Å². The zero-order valence-electron chi connectivity index (χ0n) is 14.8. The third-order valence-corrected chi connectivity index (χ3v) is 5.03. The van der Waals surface area contributed by atoms with Gasteiger partial charge in [-0.15, -0.1) is 11.3 Å². The van der Waals surface area contributed by atoms with E-state index in [9.17, 15) is 9.59 Å². The summed E-state index contributed by atoms with van der Waals surface area (Å²) in [6.07, 6.45) is 0. The van der Waals surface area contributed by atoms with E-state index in [2.05, 4.69) is 10.3 Å². The van der Waals surface area contributed by atoms with Gasteiger partial charge >= 0.3 is 5.63 Å². The fourth-order valence-corrected chi connectivity index (χ4v) is 3.63. The Bertz CT molecular complexity index is 1220. The maximum absolute atomic E-state index is 12.5. The number of nitrogens with zero attached hydrogens (tertiary/aromatic N) is 1. The summed E-state index contributed by atoms with van der Waals surface area (Å²) in [7, 11) is 0. The lowest BCUT2D eigenvalue weighted by molar-refractivity contribution is 0.102. The Hall–Kier alpha value is -3.25. The predicted molar refractivity (Wildman–Crippen MR) is 107 cm³/mol. The topological polar surface area (TPSA) is 72.2 Å². The van der Waals surface area contributed by atoms with Crippen molar-refractivity contribution in [1.29, 1.82) is 0 Å². The van der Waals surface area contributed by atoms with Crippen LogP contribution in [-0.4, -0.2) is 10.9 Å². The normalized spacial score (nSPS) is 10.9. The molecule has 0 saturated carbocycles. The molecule has 6 heteroatoms. The Morgan fingerprint density at radius 1 is 1.11 bits per heavy atom. The van der Waals surface area contributed by atoms with E-state index >= 15 is 0 Å². The van der Waals surface area contributed by atoms with E-state index in [1.807, 2.05) is 44.2 Å². The maximum Gasteiger partial charge on any atom is 0.345 e. The minimum atomic E-state index is -0.453. The summed E-state index contributed by atoms with van der Waals surface area (Å²) < 4.78 is 5.36. The van der Waals surface area contributed by atoms with E-state index in [0.717, 1.165) is 16.5 Å². The number of rotatable bonds is 3. The van der Waals surface area contributed by atoms with Gasteiger partial charge in [0.1, 0.15) is 5.58 Å². The molecule has 0 aliphatic heterocycles. The van der Waals surface area contributed by atoms with Gasteiger partial charge in [-0.05, 0) is 37.6 Å². The number of aromatic nitrogens is 1. The quantitative estimate of drug-likeness (QED) is 0.522. The number of fused-ring (bicyclic) bond motifs is 1. The highest BCUT2D eigenvalue weighted by Gasteiger charge is 2.14. The predicted octanol–water partition coefficient (Wildman–Crippen LogP) is 4.79. The second-order valence-electron chi connectivity index (χ2n) is 6.30. The molecule has 0 saturated heterocycles. The first-order chi connectivity index (χ1) is 13.0. The molecule has 0 spiro atoms. The van der Waals surface area contributed by atoms with Gasteiger partial charge in [-0.2, -0.15) is 0 Å². The van der Waals surface area contributed by atoms with Gasteiger partial charge in [0, 0.05) is 16.3 Å². The van der Waals surface area contributed by atoms with Gasteiger partial charge in [-0.3, -0.25) is 10.1 Å². The maximum atomic E-state index is 12.5. The molecule has 2 heterocycles. The monoisotopic (exact) mass is 376 g/mol. The summed E-state index contributed by atoms with van der Waals surface area (Å²) in [5.41, 5.74) is 3.54. The summed E-state index contributed by atoms with van der Waals surface area (Å²) in [6.45, 7) is 3.88. The van der Waals surface area contributed by atoms with Crippen molar-refractivity contribution in [3.8, 4) is 11.3 Å². The van der Waals surface area contributed by atoms with Crippen LogP contribution in [0.15, 0.2) is 63.1 Å². The van der Waals surface area contributed by atoms with E-state index in [4.69, 9.17) is 4.42 Å². The van der Waals surface area contributed by atoms with Gasteiger partial charge < -0.3 is 4.42 Å². The number of amides is 1. The molecule has 0 atom stereocenters. The molecular formula is C21H16N2O3S. The number of carbonyl (C=O) groups excluding carboxylic acids is 1. The number of benzene rings is 2. The lowest BCUT2D eigenvalue weighted by Gasteiger charge is -2.06. The fourth-order valence-electron chi connectivity index (χ4n) is 2.93. The first-order valence-electron chi connectivity index (χ1n) is 8.38. The number of carbonyl (C=O) groups is 1. The minimum Gasteiger partial charge on any atom is -0.422 e. The molecule has 0 aliphatic rings. The molecule has 0 aliphatic carbocycles. The average Bonchev–Trinajstić information content (AvgIpc) is 3.09. The van der Waals surface area contributed by atoms with Gasteiger partial charge in [0.25, 0.3) is 5.91 Å². The molecule has 0 radical (unpaired) electrons. The van der Waals surface area contributed by atoms with Gasteiger partial charge in [0.15, 0.2) is 5.13 Å². The molecule has 27 heavy (non-hydrogen) atoms. The Kier molecular flexibility index (Phi) is 4.33. The van der Waals surface area contributed by atoms with Crippen molar-refractivity contribution in [2.45, 2.75) is 13.8 Å². The molecule has 5 nitrogen and oxygen atoms in total. The molecule has 1 amide bonds. The second-order valence-corrected chi connectivity index (χ2v) is 7.15. The number of aryl methyl sites for hydroxylation is 2. The standard InChI is InChI=1S/C21H16N2O3S/c1-12-7-8-15(13(2)9-12)19(24)23-21-22-17(11-27-21)16-10-14-5-3-4-6-18(14)26-20(16)25/h3-11H,1-2H3,(H,22,23,24). The van der Waals surface area contributed by atoms with Crippen LogP contribution in [0.5, 0.6) is 0 Å². The second kappa shape index (κ2) is 6.81. The van der Waals surface area contributed by atoms with Gasteiger partial charge in [-0.25, -0.2) is 9.78 Å². The smallest absolute Gasteiger partial charge is 0.345 e. The minimum absolute atomic E-state index is 0.223. The number of hydrogen-bond acceptors (Lipinski definition) is 5. The van der Waals surface area contributed by atoms with Gasteiger partial charge in [0.05, 0.1) is 11.3 Å². The van der Waals surface area contributed by atoms with Crippen molar-refractivity contribution >= 4 is 33.3 Å². The largest absolute Gasteiger partial charge is 0.422 e. The van der Waals surface area contributed by atoms with Crippen LogP contribution in [-0.2, 0) is 0 Å². The summed E-state index contributed by atoms with van der Waals surface area (Å²) in [5, 5.41) is 5.79. The van der Waals surface area contributed by atoms with Crippen molar-refractivity contribution in [3.63, 3.8) is 0 Å². The Labute approximate surface area is 159 Å². The molecule has 0 bridgehead atoms. The highest BCUT2D eigenvalue weighted by molar-refractivity contribution is 7.14. The van der Waals surface area contributed by atoms with Crippen LogP contribution in [0.25, 0.3) is 22.2 Å². The Morgan fingerprint density at radius 2 is 1.93 bits per heavy atom. The van der Waals surface area contributed by atoms with E-state index in [0.29, 0.717) is 27.5 Å². The number of thiazole rings is 1. The highest BCUT2D eigenvalue weighted by atomic mass is 32.1. The summed E-state index contributed by atoms with van der Waals surface area (Å²) >= 11 is 1.27. The van der Waals surface area contributed by atoms with Crippen LogP contribution in [0.4, 0.5) is 5.13 Å². The molecule has 2 aromatic heterocycles. The van der Waals surface area contributed by atoms with Crippen LogP contribution in [0, 0.1) is 13.8 Å². The fraction of sp³-hybridized carbons (Fsp3) is 0.0952. The van der Waals surface area contributed by atoms with E-state index in [1.165, 1.54) is 11.3 Å². The summed E-state index contributed by atoms with van der Waals surface area (Å²) in [4.78, 5) is 29.2. The van der Waals surface area contributed by atoms with Crippen LogP contribution < -0.4 is 10.9 Å². The van der Waals surface area contributed by atoms with Crippen molar-refractivity contribution in [3.05, 3.63) is 81.0 Å². The zero-order valence-corrected chi connectivity index (χ0v) is 15.6. The van der Waals surface area contributed by atoms with Crippen LogP contribution in [0.2, 0.25) is 0 Å². The molecule has 134 valence electrons. The van der Waals surface area contributed by atoms with Crippen molar-refractivity contribution in [2.75, 3.05) is 5.32 Å². The van der Waals surface area contributed by atoms with Crippen LogP contribution in [0.1, 0.15) is 21.5 Å². The summed E-state index contributed by atoms with van der Waals surface area (Å²) in [5.74, 6) is -0.223. The van der Waals surface area contributed by atoms with Gasteiger partial charge in [0.2, 0.25) is 0 Å². The first-order valence-corrected chi connectivity index (χ1v) is 9.26. The van der Waals surface area contributed by atoms with Gasteiger partial charge in [-0.1, -0.05) is 35.9 Å². The molecule has 4 aromatic rings. The lowest BCUT2D eigenvalue weighted by atomic mass is 10.1. The zero-order chi connectivity index (χ0) is 19.0. The van der Waals surface area contributed by atoms with E-state index in [1.54, 1.807) is 23.6 Å².